The molecular weight excluding hydrogens is 405 g/mol. The predicted octanol–water partition coefficient (Wildman–Crippen LogP) is 3.79. The second-order valence-electron chi connectivity index (χ2n) is 7.94. The van der Waals surface area contributed by atoms with Crippen molar-refractivity contribution >= 4 is 17.7 Å². The Balaban J connectivity index is 2.14. The van der Waals surface area contributed by atoms with Gasteiger partial charge in [-0.2, -0.15) is 0 Å². The second kappa shape index (κ2) is 9.44. The maximum absolute atomic E-state index is 12.7. The van der Waals surface area contributed by atoms with Gasteiger partial charge in [-0.3, -0.25) is 4.79 Å². The lowest BCUT2D eigenvalue weighted by atomic mass is 10.1. The number of nitrogens with zero attached hydrogens (tertiary/aromatic N) is 1. The van der Waals surface area contributed by atoms with Gasteiger partial charge in [-0.1, -0.05) is 0 Å². The highest BCUT2D eigenvalue weighted by Gasteiger charge is 2.32. The van der Waals surface area contributed by atoms with Crippen LogP contribution in [0.3, 0.4) is 0 Å². The van der Waals surface area contributed by atoms with E-state index in [2.05, 4.69) is 10.1 Å². The number of alkyl carbamates (subject to hydrolysis) is 1. The Bertz CT molecular complexity index is 762. The van der Waals surface area contributed by atoms with Crippen LogP contribution in [0.25, 0.3) is 0 Å². The average Bonchev–Trinajstić information content (AvgIpc) is 2.99. The van der Waals surface area contributed by atoms with Gasteiger partial charge < -0.3 is 24.4 Å². The van der Waals surface area contributed by atoms with Crippen LogP contribution in [-0.4, -0.2) is 49.8 Å². The largest absolute Gasteiger partial charge is 0.573 e. The monoisotopic (exact) mass is 432 g/mol. The number of carbonyl (C=O) groups is 2. The Kier molecular flexibility index (Phi) is 7.44. The Labute approximate surface area is 173 Å². The Morgan fingerprint density at radius 3 is 2.50 bits per heavy atom. The van der Waals surface area contributed by atoms with Crippen LogP contribution < -0.4 is 15.0 Å². The van der Waals surface area contributed by atoms with Gasteiger partial charge in [0.25, 0.3) is 0 Å². The Morgan fingerprint density at radius 2 is 1.90 bits per heavy atom. The van der Waals surface area contributed by atoms with E-state index in [1.54, 1.807) is 33.8 Å². The van der Waals surface area contributed by atoms with Crippen LogP contribution in [0.4, 0.5) is 23.7 Å². The number of esters is 1. The van der Waals surface area contributed by atoms with Crippen molar-refractivity contribution in [2.24, 2.45) is 0 Å². The predicted molar refractivity (Wildman–Crippen MR) is 103 cm³/mol. The van der Waals surface area contributed by atoms with Gasteiger partial charge in [0.05, 0.1) is 19.1 Å². The number of anilines is 1. The first kappa shape index (κ1) is 23.6. The lowest BCUT2D eigenvalue weighted by Gasteiger charge is -2.23. The quantitative estimate of drug-likeness (QED) is 0.690. The van der Waals surface area contributed by atoms with Crippen molar-refractivity contribution in [2.75, 3.05) is 24.6 Å². The van der Waals surface area contributed by atoms with Crippen LogP contribution >= 0.6 is 0 Å². The molecular formula is C20H27F3N2O5. The Morgan fingerprint density at radius 1 is 1.20 bits per heavy atom. The van der Waals surface area contributed by atoms with Crippen molar-refractivity contribution in [1.29, 1.82) is 0 Å². The average molecular weight is 432 g/mol. The molecule has 0 bridgehead atoms. The van der Waals surface area contributed by atoms with E-state index in [9.17, 15) is 22.8 Å². The third-order valence-electron chi connectivity index (χ3n) is 4.11. The van der Waals surface area contributed by atoms with E-state index < -0.39 is 29.8 Å². The number of hydrogen-bond donors (Lipinski definition) is 1. The lowest BCUT2D eigenvalue weighted by molar-refractivity contribution is -0.274. The minimum atomic E-state index is -4.86. The van der Waals surface area contributed by atoms with Crippen LogP contribution in [0.2, 0.25) is 0 Å². The van der Waals surface area contributed by atoms with Gasteiger partial charge in [0.1, 0.15) is 11.4 Å². The summed E-state index contributed by atoms with van der Waals surface area (Å²) >= 11 is 0. The number of benzene rings is 1. The van der Waals surface area contributed by atoms with Crippen LogP contribution in [0.5, 0.6) is 5.75 Å². The molecule has 1 aromatic rings. The molecule has 30 heavy (non-hydrogen) atoms. The molecule has 2 rings (SSSR count). The van der Waals surface area contributed by atoms with Crippen molar-refractivity contribution in [3.8, 4) is 5.75 Å². The summed E-state index contributed by atoms with van der Waals surface area (Å²) in [4.78, 5) is 25.5. The second-order valence-corrected chi connectivity index (χ2v) is 7.94. The van der Waals surface area contributed by atoms with E-state index in [0.717, 1.165) is 0 Å². The van der Waals surface area contributed by atoms with Crippen LogP contribution in [0.1, 0.15) is 39.7 Å². The van der Waals surface area contributed by atoms with Crippen molar-refractivity contribution in [3.05, 3.63) is 23.8 Å². The molecule has 168 valence electrons. The minimum Gasteiger partial charge on any atom is -0.466 e. The zero-order valence-electron chi connectivity index (χ0n) is 17.5. The molecule has 1 aromatic carbocycles. The number of nitrogens with one attached hydrogen (secondary N) is 1. The molecule has 10 heteroatoms. The number of halogens is 3. The zero-order valence-corrected chi connectivity index (χ0v) is 17.5. The fourth-order valence-corrected chi connectivity index (χ4v) is 3.09. The Hall–Kier alpha value is -2.65. The molecule has 0 spiro atoms. The van der Waals surface area contributed by atoms with Crippen molar-refractivity contribution in [2.45, 2.75) is 58.5 Å². The summed E-state index contributed by atoms with van der Waals surface area (Å²) in [5.74, 6) is -0.957. The summed E-state index contributed by atoms with van der Waals surface area (Å²) in [5.41, 5.74) is 0.173. The molecule has 1 atom stereocenters. The molecule has 0 aromatic heterocycles. The number of amides is 1. The number of rotatable bonds is 6. The van der Waals surface area contributed by atoms with Gasteiger partial charge >= 0.3 is 18.4 Å². The van der Waals surface area contributed by atoms with E-state index >= 15 is 0 Å². The summed E-state index contributed by atoms with van der Waals surface area (Å²) in [7, 11) is 0. The van der Waals surface area contributed by atoms with Crippen molar-refractivity contribution < 1.29 is 37.0 Å². The standard InChI is InChI=1S/C20H27F3N2O5/c1-5-28-17(26)10-13-8-15(11-16(9-13)29-20(21,22)23)25-7-6-14(12-25)24-18(27)30-19(2,3)4/h8-9,11,14H,5-7,10,12H2,1-4H3,(H,24,27)/t14-/m0/s1. The number of hydrogen-bond acceptors (Lipinski definition) is 6. The normalized spacial score (nSPS) is 16.9. The van der Waals surface area contributed by atoms with Crippen molar-refractivity contribution in [3.63, 3.8) is 0 Å². The fraction of sp³-hybridized carbons (Fsp3) is 0.600. The highest BCUT2D eigenvalue weighted by molar-refractivity contribution is 5.73. The summed E-state index contributed by atoms with van der Waals surface area (Å²) in [6.07, 6.45) is -4.99. The van der Waals surface area contributed by atoms with Crippen molar-refractivity contribution in [1.82, 2.24) is 5.32 Å². The molecule has 1 heterocycles. The van der Waals surface area contributed by atoms with Gasteiger partial charge in [0.2, 0.25) is 0 Å². The van der Waals surface area contributed by atoms with Crippen LogP contribution in [-0.2, 0) is 20.7 Å². The molecule has 0 unspecified atom stereocenters. The third-order valence-corrected chi connectivity index (χ3v) is 4.11. The summed E-state index contributed by atoms with van der Waals surface area (Å²) in [6.45, 7) is 7.98. The topological polar surface area (TPSA) is 77.1 Å². The number of alkyl halides is 3. The van der Waals surface area contributed by atoms with E-state index in [1.165, 1.54) is 12.1 Å². The van der Waals surface area contributed by atoms with Crippen LogP contribution in [0.15, 0.2) is 18.2 Å². The van der Waals surface area contributed by atoms with Gasteiger partial charge in [-0.25, -0.2) is 4.79 Å². The number of ether oxygens (including phenoxy) is 3. The SMILES string of the molecule is CCOC(=O)Cc1cc(OC(F)(F)F)cc(N2CC[C@H](NC(=O)OC(C)(C)C)C2)c1. The highest BCUT2D eigenvalue weighted by Crippen LogP contribution is 2.31. The smallest absolute Gasteiger partial charge is 0.466 e. The first-order valence-corrected chi connectivity index (χ1v) is 9.64. The lowest BCUT2D eigenvalue weighted by Crippen LogP contribution is -2.40. The fourth-order valence-electron chi connectivity index (χ4n) is 3.09. The molecule has 1 aliphatic heterocycles. The molecule has 7 nitrogen and oxygen atoms in total. The third kappa shape index (κ3) is 8.00. The molecule has 1 fully saturated rings. The molecule has 0 radical (unpaired) electrons. The zero-order chi connectivity index (χ0) is 22.5. The van der Waals surface area contributed by atoms with E-state index in [-0.39, 0.29) is 19.1 Å². The van der Waals surface area contributed by atoms with Gasteiger partial charge in [-0.15, -0.1) is 13.2 Å². The summed E-state index contributed by atoms with van der Waals surface area (Å²) in [6, 6.07) is 3.83. The highest BCUT2D eigenvalue weighted by atomic mass is 19.4. The molecule has 1 saturated heterocycles. The minimum absolute atomic E-state index is 0.175. The molecule has 1 amide bonds. The maximum Gasteiger partial charge on any atom is 0.573 e. The first-order valence-electron chi connectivity index (χ1n) is 9.64. The molecule has 0 aliphatic carbocycles. The number of carbonyl (C=O) groups excluding carboxylic acids is 2. The van der Waals surface area contributed by atoms with E-state index in [4.69, 9.17) is 9.47 Å². The maximum atomic E-state index is 12.7. The summed E-state index contributed by atoms with van der Waals surface area (Å²) in [5, 5.41) is 2.76. The van der Waals surface area contributed by atoms with Gasteiger partial charge in [0, 0.05) is 24.8 Å². The summed E-state index contributed by atoms with van der Waals surface area (Å²) < 4.78 is 52.3. The van der Waals surface area contributed by atoms with E-state index in [1.807, 2.05) is 4.90 Å². The van der Waals surface area contributed by atoms with Crippen LogP contribution in [0, 0.1) is 0 Å². The first-order chi connectivity index (χ1) is 13.8. The molecule has 1 aliphatic rings. The molecule has 0 saturated carbocycles. The van der Waals surface area contributed by atoms with Gasteiger partial charge in [0.15, 0.2) is 0 Å². The molecule has 1 N–H and O–H groups in total. The van der Waals surface area contributed by atoms with E-state index in [0.29, 0.717) is 30.8 Å². The van der Waals surface area contributed by atoms with Gasteiger partial charge in [-0.05, 0) is 51.8 Å².